The van der Waals surface area contributed by atoms with Crippen molar-refractivity contribution in [1.29, 1.82) is 0 Å². The van der Waals surface area contributed by atoms with E-state index < -0.39 is 24.3 Å². The smallest absolute Gasteiger partial charge is 0.416 e. The van der Waals surface area contributed by atoms with Crippen LogP contribution in [-0.2, 0) is 11.0 Å². The van der Waals surface area contributed by atoms with Crippen LogP contribution in [0.15, 0.2) is 53.1 Å². The number of rotatable bonds is 4. The monoisotopic (exact) mass is 336 g/mol. The maximum absolute atomic E-state index is 13.0. The molecule has 0 saturated carbocycles. The van der Waals surface area contributed by atoms with Gasteiger partial charge in [0.1, 0.15) is 11.5 Å². The number of furan rings is 1. The molecular formula is C17H11F3O4. The van der Waals surface area contributed by atoms with Gasteiger partial charge in [0.2, 0.25) is 0 Å². The topological polar surface area (TPSA) is 59.7 Å². The van der Waals surface area contributed by atoms with Gasteiger partial charge < -0.3 is 14.3 Å². The molecule has 0 radical (unpaired) electrons. The maximum Gasteiger partial charge on any atom is 0.416 e. The quantitative estimate of drug-likeness (QED) is 0.757. The van der Waals surface area contributed by atoms with Crippen molar-refractivity contribution < 1.29 is 32.2 Å². The Hall–Kier alpha value is -2.96. The summed E-state index contributed by atoms with van der Waals surface area (Å²) < 4.78 is 49.5. The predicted molar refractivity (Wildman–Crippen MR) is 79.8 cm³/mol. The van der Waals surface area contributed by atoms with E-state index in [0.717, 1.165) is 18.2 Å². The fraction of sp³-hybridized carbons (Fsp3) is 0.118. The second kappa shape index (κ2) is 5.92. The Balaban J connectivity index is 2.16. The second-order valence-electron chi connectivity index (χ2n) is 5.04. The SMILES string of the molecule is O=C(O)COc1ccc(C(F)(F)F)cc1-c1occ2ccccc12. The van der Waals surface area contributed by atoms with Crippen molar-refractivity contribution in [3.63, 3.8) is 0 Å². The highest BCUT2D eigenvalue weighted by Crippen LogP contribution is 2.40. The normalized spacial score (nSPS) is 11.6. The molecular weight excluding hydrogens is 325 g/mol. The zero-order valence-corrected chi connectivity index (χ0v) is 12.1. The third-order valence-corrected chi connectivity index (χ3v) is 3.41. The van der Waals surface area contributed by atoms with E-state index in [9.17, 15) is 18.0 Å². The molecule has 0 aliphatic carbocycles. The van der Waals surface area contributed by atoms with Gasteiger partial charge in [-0.15, -0.1) is 0 Å². The second-order valence-corrected chi connectivity index (χ2v) is 5.04. The molecule has 0 spiro atoms. The van der Waals surface area contributed by atoms with Gasteiger partial charge in [0.05, 0.1) is 17.4 Å². The minimum absolute atomic E-state index is 0.00510. The molecule has 1 N–H and O–H groups in total. The van der Waals surface area contributed by atoms with E-state index in [1.165, 1.54) is 6.26 Å². The molecule has 1 aromatic heterocycles. The standard InChI is InChI=1S/C17H11F3O4/c18-17(19,20)11-5-6-14(23-9-15(21)22)13(7-11)16-12-4-2-1-3-10(12)8-24-16/h1-8H,9H2,(H,21,22). The molecule has 3 rings (SSSR count). The number of hydrogen-bond donors (Lipinski definition) is 1. The summed E-state index contributed by atoms with van der Waals surface area (Å²) in [4.78, 5) is 10.7. The van der Waals surface area contributed by atoms with Crippen molar-refractivity contribution in [1.82, 2.24) is 0 Å². The Bertz CT molecular complexity index is 896. The molecule has 1 heterocycles. The number of carboxylic acid groups (broad SMARTS) is 1. The van der Waals surface area contributed by atoms with E-state index in [0.29, 0.717) is 10.8 Å². The van der Waals surface area contributed by atoms with Gasteiger partial charge >= 0.3 is 12.1 Å². The summed E-state index contributed by atoms with van der Waals surface area (Å²) in [6.45, 7) is -0.670. The van der Waals surface area contributed by atoms with E-state index in [-0.39, 0.29) is 17.1 Å². The number of aliphatic carboxylic acids is 1. The summed E-state index contributed by atoms with van der Waals surface area (Å²) in [6.07, 6.45) is -3.12. The first-order valence-electron chi connectivity index (χ1n) is 6.88. The van der Waals surface area contributed by atoms with E-state index in [1.54, 1.807) is 24.3 Å². The summed E-state index contributed by atoms with van der Waals surface area (Å²) >= 11 is 0. The van der Waals surface area contributed by atoms with Crippen molar-refractivity contribution in [3.8, 4) is 17.1 Å². The third kappa shape index (κ3) is 3.05. The molecule has 7 heteroatoms. The molecule has 0 amide bonds. The number of alkyl halides is 3. The third-order valence-electron chi connectivity index (χ3n) is 3.41. The molecule has 0 aliphatic rings. The van der Waals surface area contributed by atoms with Crippen LogP contribution in [0.3, 0.4) is 0 Å². The highest BCUT2D eigenvalue weighted by Gasteiger charge is 2.32. The van der Waals surface area contributed by atoms with Crippen molar-refractivity contribution in [2.75, 3.05) is 6.61 Å². The van der Waals surface area contributed by atoms with Gasteiger partial charge in [-0.3, -0.25) is 0 Å². The number of hydrogen-bond acceptors (Lipinski definition) is 3. The number of carboxylic acids is 1. The number of halogens is 3. The Kier molecular flexibility index (Phi) is 3.92. The fourth-order valence-electron chi connectivity index (χ4n) is 2.35. The maximum atomic E-state index is 13.0. The van der Waals surface area contributed by atoms with Crippen LogP contribution >= 0.6 is 0 Å². The Morgan fingerprint density at radius 2 is 1.92 bits per heavy atom. The average Bonchev–Trinajstić information content (AvgIpc) is 2.95. The molecule has 2 aromatic carbocycles. The zero-order valence-electron chi connectivity index (χ0n) is 12.1. The lowest BCUT2D eigenvalue weighted by Crippen LogP contribution is -2.11. The van der Waals surface area contributed by atoms with Crippen LogP contribution in [0.1, 0.15) is 5.56 Å². The first kappa shape index (κ1) is 15.9. The summed E-state index contributed by atoms with van der Waals surface area (Å²) in [5, 5.41) is 10.0. The van der Waals surface area contributed by atoms with Gasteiger partial charge in [-0.05, 0) is 18.2 Å². The Morgan fingerprint density at radius 1 is 1.17 bits per heavy atom. The Labute approximate surface area is 134 Å². The van der Waals surface area contributed by atoms with E-state index in [1.807, 2.05) is 0 Å². The van der Waals surface area contributed by atoms with E-state index in [4.69, 9.17) is 14.3 Å². The lowest BCUT2D eigenvalue weighted by molar-refractivity contribution is -0.140. The average molecular weight is 336 g/mol. The summed E-state index contributed by atoms with van der Waals surface area (Å²) in [7, 11) is 0. The van der Waals surface area contributed by atoms with Crippen LogP contribution in [0.4, 0.5) is 13.2 Å². The van der Waals surface area contributed by atoms with Crippen LogP contribution in [0.25, 0.3) is 22.1 Å². The van der Waals surface area contributed by atoms with Gasteiger partial charge in [0, 0.05) is 10.8 Å². The molecule has 4 nitrogen and oxygen atoms in total. The van der Waals surface area contributed by atoms with Crippen molar-refractivity contribution in [3.05, 3.63) is 54.3 Å². The molecule has 0 aliphatic heterocycles. The lowest BCUT2D eigenvalue weighted by Gasteiger charge is -2.13. The van der Waals surface area contributed by atoms with Crippen molar-refractivity contribution in [2.24, 2.45) is 0 Å². The van der Waals surface area contributed by atoms with Crippen molar-refractivity contribution in [2.45, 2.75) is 6.18 Å². The summed E-state index contributed by atoms with van der Waals surface area (Å²) in [5.41, 5.74) is -0.826. The van der Waals surface area contributed by atoms with Crippen molar-refractivity contribution >= 4 is 16.7 Å². The fourth-order valence-corrected chi connectivity index (χ4v) is 2.35. The Morgan fingerprint density at radius 3 is 2.62 bits per heavy atom. The highest BCUT2D eigenvalue weighted by molar-refractivity contribution is 5.95. The van der Waals surface area contributed by atoms with Crippen LogP contribution in [0, 0.1) is 0 Å². The van der Waals surface area contributed by atoms with Gasteiger partial charge in [-0.25, -0.2) is 4.79 Å². The predicted octanol–water partition coefficient (Wildman–Crippen LogP) is 4.58. The largest absolute Gasteiger partial charge is 0.481 e. The molecule has 0 fully saturated rings. The molecule has 3 aromatic rings. The molecule has 0 unspecified atom stereocenters. The first-order valence-corrected chi connectivity index (χ1v) is 6.88. The van der Waals surface area contributed by atoms with Gasteiger partial charge in [0.15, 0.2) is 6.61 Å². The zero-order chi connectivity index (χ0) is 17.3. The van der Waals surface area contributed by atoms with Gasteiger partial charge in [0.25, 0.3) is 0 Å². The first-order chi connectivity index (χ1) is 11.4. The highest BCUT2D eigenvalue weighted by atomic mass is 19.4. The number of carbonyl (C=O) groups is 1. The minimum atomic E-state index is -4.54. The number of benzene rings is 2. The van der Waals surface area contributed by atoms with Crippen LogP contribution in [0.5, 0.6) is 5.75 Å². The minimum Gasteiger partial charge on any atom is -0.481 e. The number of ether oxygens (including phenoxy) is 1. The molecule has 24 heavy (non-hydrogen) atoms. The van der Waals surface area contributed by atoms with Crippen LogP contribution in [-0.4, -0.2) is 17.7 Å². The van der Waals surface area contributed by atoms with Crippen LogP contribution in [0.2, 0.25) is 0 Å². The number of fused-ring (bicyclic) bond motifs is 1. The van der Waals surface area contributed by atoms with E-state index >= 15 is 0 Å². The summed E-state index contributed by atoms with van der Waals surface area (Å²) in [6, 6.07) is 9.79. The van der Waals surface area contributed by atoms with Gasteiger partial charge in [-0.1, -0.05) is 24.3 Å². The lowest BCUT2D eigenvalue weighted by atomic mass is 10.0. The summed E-state index contributed by atoms with van der Waals surface area (Å²) in [5.74, 6) is -1.03. The molecule has 0 saturated heterocycles. The molecule has 0 bridgehead atoms. The van der Waals surface area contributed by atoms with E-state index in [2.05, 4.69) is 0 Å². The molecule has 0 atom stereocenters. The van der Waals surface area contributed by atoms with Crippen LogP contribution < -0.4 is 4.74 Å². The molecule has 124 valence electrons. The van der Waals surface area contributed by atoms with Gasteiger partial charge in [-0.2, -0.15) is 13.2 Å².